The van der Waals surface area contributed by atoms with E-state index in [1.54, 1.807) is 7.11 Å². The van der Waals surface area contributed by atoms with Crippen molar-refractivity contribution in [1.29, 1.82) is 0 Å². The maximum atomic E-state index is 5.20. The molecule has 3 heteroatoms. The standard InChI is InChI=1S/C17H22N2O/c1-18-17-5-3-4-14-11-19(12-16(14)17)10-13-6-8-15(20-2)9-7-13/h6-9,11-12,17-18H,3-5,10H2,1-2H3. The average molecular weight is 270 g/mol. The van der Waals surface area contributed by atoms with Gasteiger partial charge < -0.3 is 14.6 Å². The van der Waals surface area contributed by atoms with Crippen molar-refractivity contribution in [2.75, 3.05) is 14.2 Å². The van der Waals surface area contributed by atoms with Gasteiger partial charge in [-0.3, -0.25) is 0 Å². The SMILES string of the molecule is CNC1CCCc2cn(Cc3ccc(OC)cc3)cc21. The van der Waals surface area contributed by atoms with E-state index in [1.807, 2.05) is 12.1 Å². The van der Waals surface area contributed by atoms with Crippen LogP contribution in [0.25, 0.3) is 0 Å². The molecular weight excluding hydrogens is 248 g/mol. The van der Waals surface area contributed by atoms with E-state index in [9.17, 15) is 0 Å². The highest BCUT2D eigenvalue weighted by atomic mass is 16.5. The van der Waals surface area contributed by atoms with E-state index in [4.69, 9.17) is 4.74 Å². The summed E-state index contributed by atoms with van der Waals surface area (Å²) in [6.07, 6.45) is 8.35. The van der Waals surface area contributed by atoms with E-state index in [0.717, 1.165) is 12.3 Å². The summed E-state index contributed by atoms with van der Waals surface area (Å²) in [5, 5.41) is 3.42. The Labute approximate surface area is 120 Å². The Morgan fingerprint density at radius 1 is 1.25 bits per heavy atom. The number of nitrogens with one attached hydrogen (secondary N) is 1. The molecule has 1 N–H and O–H groups in total. The Hall–Kier alpha value is -1.74. The summed E-state index contributed by atoms with van der Waals surface area (Å²) in [6.45, 7) is 0.924. The number of benzene rings is 1. The Morgan fingerprint density at radius 3 is 2.75 bits per heavy atom. The zero-order chi connectivity index (χ0) is 13.9. The van der Waals surface area contributed by atoms with E-state index >= 15 is 0 Å². The van der Waals surface area contributed by atoms with Gasteiger partial charge >= 0.3 is 0 Å². The van der Waals surface area contributed by atoms with Crippen LogP contribution in [0.5, 0.6) is 5.75 Å². The maximum Gasteiger partial charge on any atom is 0.118 e. The molecule has 0 spiro atoms. The van der Waals surface area contributed by atoms with Gasteiger partial charge in [0.1, 0.15) is 5.75 Å². The summed E-state index contributed by atoms with van der Waals surface area (Å²) in [5.41, 5.74) is 4.29. The lowest BCUT2D eigenvalue weighted by molar-refractivity contribution is 0.414. The van der Waals surface area contributed by atoms with Gasteiger partial charge in [0, 0.05) is 25.0 Å². The van der Waals surface area contributed by atoms with Crippen LogP contribution in [-0.2, 0) is 13.0 Å². The first kappa shape index (κ1) is 13.3. The molecule has 0 radical (unpaired) electrons. The molecular formula is C17H22N2O. The molecule has 20 heavy (non-hydrogen) atoms. The molecule has 1 aromatic carbocycles. The van der Waals surface area contributed by atoms with Gasteiger partial charge in [-0.15, -0.1) is 0 Å². The van der Waals surface area contributed by atoms with E-state index in [-0.39, 0.29) is 0 Å². The van der Waals surface area contributed by atoms with Crippen molar-refractivity contribution < 1.29 is 4.74 Å². The van der Waals surface area contributed by atoms with Crippen molar-refractivity contribution in [3.63, 3.8) is 0 Å². The van der Waals surface area contributed by atoms with Crippen molar-refractivity contribution >= 4 is 0 Å². The van der Waals surface area contributed by atoms with Gasteiger partial charge in [0.15, 0.2) is 0 Å². The molecule has 106 valence electrons. The largest absolute Gasteiger partial charge is 0.497 e. The Kier molecular flexibility index (Phi) is 3.79. The molecule has 1 atom stereocenters. The predicted molar refractivity (Wildman–Crippen MR) is 81.3 cm³/mol. The topological polar surface area (TPSA) is 26.2 Å². The van der Waals surface area contributed by atoms with Gasteiger partial charge in [-0.2, -0.15) is 0 Å². The molecule has 3 nitrogen and oxygen atoms in total. The number of aryl methyl sites for hydroxylation is 1. The first-order valence-corrected chi connectivity index (χ1v) is 7.29. The number of nitrogens with zero attached hydrogens (tertiary/aromatic N) is 1. The normalized spacial score (nSPS) is 17.8. The minimum Gasteiger partial charge on any atom is -0.497 e. The van der Waals surface area contributed by atoms with Crippen LogP contribution in [-0.4, -0.2) is 18.7 Å². The highest BCUT2D eigenvalue weighted by Gasteiger charge is 2.20. The number of hydrogen-bond donors (Lipinski definition) is 1. The van der Waals surface area contributed by atoms with Crippen LogP contribution in [0.4, 0.5) is 0 Å². The summed E-state index contributed by atoms with van der Waals surface area (Å²) < 4.78 is 7.51. The lowest BCUT2D eigenvalue weighted by Crippen LogP contribution is -2.20. The summed E-state index contributed by atoms with van der Waals surface area (Å²) in [5.74, 6) is 0.913. The minimum absolute atomic E-state index is 0.524. The van der Waals surface area contributed by atoms with Crippen molar-refractivity contribution in [2.45, 2.75) is 31.8 Å². The highest BCUT2D eigenvalue weighted by molar-refractivity contribution is 5.32. The molecule has 0 fully saturated rings. The van der Waals surface area contributed by atoms with Gasteiger partial charge in [-0.1, -0.05) is 12.1 Å². The number of hydrogen-bond acceptors (Lipinski definition) is 2. The van der Waals surface area contributed by atoms with Gasteiger partial charge in [0.2, 0.25) is 0 Å². The molecule has 1 unspecified atom stereocenters. The fourth-order valence-corrected chi connectivity index (χ4v) is 3.08. The zero-order valence-electron chi connectivity index (χ0n) is 12.2. The van der Waals surface area contributed by atoms with Crippen LogP contribution in [0.1, 0.15) is 35.6 Å². The Balaban J connectivity index is 1.79. The summed E-state index contributed by atoms with van der Waals surface area (Å²) in [7, 11) is 3.76. The summed E-state index contributed by atoms with van der Waals surface area (Å²) >= 11 is 0. The molecule has 1 aliphatic rings. The van der Waals surface area contributed by atoms with Crippen LogP contribution in [0, 0.1) is 0 Å². The molecule has 1 aromatic heterocycles. The predicted octanol–water partition coefficient (Wildman–Crippen LogP) is 3.14. The molecule has 0 amide bonds. The van der Waals surface area contributed by atoms with Crippen molar-refractivity contribution in [1.82, 2.24) is 9.88 Å². The molecule has 1 heterocycles. The van der Waals surface area contributed by atoms with Gasteiger partial charge in [-0.05, 0) is 55.1 Å². The number of ether oxygens (including phenoxy) is 1. The molecule has 0 bridgehead atoms. The van der Waals surface area contributed by atoms with Crippen LogP contribution >= 0.6 is 0 Å². The monoisotopic (exact) mass is 270 g/mol. The van der Waals surface area contributed by atoms with E-state index < -0.39 is 0 Å². The molecule has 1 aliphatic carbocycles. The minimum atomic E-state index is 0.524. The lowest BCUT2D eigenvalue weighted by Gasteiger charge is -2.21. The van der Waals surface area contributed by atoms with Gasteiger partial charge in [0.05, 0.1) is 7.11 Å². The maximum absolute atomic E-state index is 5.20. The Bertz CT molecular complexity index is 571. The molecule has 0 saturated carbocycles. The summed E-state index contributed by atoms with van der Waals surface area (Å²) in [4.78, 5) is 0. The number of aromatic nitrogens is 1. The number of methoxy groups -OCH3 is 1. The first-order valence-electron chi connectivity index (χ1n) is 7.29. The van der Waals surface area contributed by atoms with E-state index in [2.05, 4.69) is 41.5 Å². The van der Waals surface area contributed by atoms with Crippen LogP contribution in [0.3, 0.4) is 0 Å². The van der Waals surface area contributed by atoms with Gasteiger partial charge in [-0.25, -0.2) is 0 Å². The quantitative estimate of drug-likeness (QED) is 0.923. The first-order chi connectivity index (χ1) is 9.80. The van der Waals surface area contributed by atoms with E-state index in [0.29, 0.717) is 6.04 Å². The summed E-state index contributed by atoms with van der Waals surface area (Å²) in [6, 6.07) is 8.83. The zero-order valence-corrected chi connectivity index (χ0v) is 12.2. The van der Waals surface area contributed by atoms with Crippen molar-refractivity contribution in [2.24, 2.45) is 0 Å². The van der Waals surface area contributed by atoms with Gasteiger partial charge in [0.25, 0.3) is 0 Å². The second-order valence-electron chi connectivity index (χ2n) is 5.49. The fraction of sp³-hybridized carbons (Fsp3) is 0.412. The molecule has 0 aliphatic heterocycles. The third-order valence-corrected chi connectivity index (χ3v) is 4.18. The Morgan fingerprint density at radius 2 is 2.05 bits per heavy atom. The molecule has 2 aromatic rings. The number of fused-ring (bicyclic) bond motifs is 1. The fourth-order valence-electron chi connectivity index (χ4n) is 3.08. The van der Waals surface area contributed by atoms with Crippen molar-refractivity contribution in [3.8, 4) is 5.75 Å². The third-order valence-electron chi connectivity index (χ3n) is 4.18. The van der Waals surface area contributed by atoms with Crippen LogP contribution in [0.15, 0.2) is 36.7 Å². The second-order valence-corrected chi connectivity index (χ2v) is 5.49. The average Bonchev–Trinajstić information content (AvgIpc) is 2.90. The molecule has 0 saturated heterocycles. The third kappa shape index (κ3) is 2.59. The highest BCUT2D eigenvalue weighted by Crippen LogP contribution is 2.30. The van der Waals surface area contributed by atoms with Crippen LogP contribution in [0.2, 0.25) is 0 Å². The smallest absolute Gasteiger partial charge is 0.118 e. The lowest BCUT2D eigenvalue weighted by atomic mass is 9.91. The van der Waals surface area contributed by atoms with Crippen molar-refractivity contribution in [3.05, 3.63) is 53.3 Å². The number of rotatable bonds is 4. The van der Waals surface area contributed by atoms with Crippen LogP contribution < -0.4 is 10.1 Å². The second kappa shape index (κ2) is 5.71. The van der Waals surface area contributed by atoms with E-state index in [1.165, 1.54) is 36.0 Å². The molecule has 3 rings (SSSR count).